The van der Waals surface area contributed by atoms with Gasteiger partial charge < -0.3 is 43.4 Å². The van der Waals surface area contributed by atoms with Crippen LogP contribution in [0.4, 0.5) is 0 Å². The lowest BCUT2D eigenvalue weighted by molar-refractivity contribution is -0.141. The minimum atomic E-state index is -1.29. The number of hydrogen-bond acceptors (Lipinski definition) is 8. The van der Waals surface area contributed by atoms with Gasteiger partial charge in [-0.1, -0.05) is 12.1 Å². The standard InChI is InChI=1S/C21H33N7O6S/c1-11(22)17(30)26-14(3-2-8-25-21(23)24)18(31)27-15(9-12-4-6-13(29)7-5-12)19(32)28-16(10-35)20(33)34/h4-7,11,14-16,29,35H,2-3,8-10,22H2,1H3,(H,26,30)(H,27,31)(H,28,32)(H,33,34)(H4,23,24,25). The second-order valence-electron chi connectivity index (χ2n) is 7.81. The van der Waals surface area contributed by atoms with Crippen molar-refractivity contribution in [2.75, 3.05) is 12.3 Å². The number of aliphatic carboxylic acids is 1. The number of phenolic OH excluding ortho intramolecular Hbond substituents is 1. The number of carboxylic acids is 1. The predicted molar refractivity (Wildman–Crippen MR) is 133 cm³/mol. The number of nitrogens with two attached hydrogens (primary N) is 3. The molecule has 0 bridgehead atoms. The molecule has 14 heteroatoms. The normalized spacial score (nSPS) is 14.0. The Balaban J connectivity index is 3.09. The van der Waals surface area contributed by atoms with Crippen LogP contribution in [-0.4, -0.2) is 76.3 Å². The Labute approximate surface area is 208 Å². The first kappa shape index (κ1) is 29.5. The fourth-order valence-corrected chi connectivity index (χ4v) is 3.13. The van der Waals surface area contributed by atoms with E-state index < -0.39 is 47.9 Å². The molecule has 4 atom stereocenters. The van der Waals surface area contributed by atoms with Gasteiger partial charge in [-0.2, -0.15) is 12.6 Å². The lowest BCUT2D eigenvalue weighted by atomic mass is 10.0. The van der Waals surface area contributed by atoms with Crippen molar-refractivity contribution in [3.05, 3.63) is 29.8 Å². The summed E-state index contributed by atoms with van der Waals surface area (Å²) in [6.07, 6.45) is 0.465. The van der Waals surface area contributed by atoms with Gasteiger partial charge in [-0.05, 0) is 37.5 Å². The number of guanidine groups is 1. The number of carbonyl (C=O) groups excluding carboxylic acids is 3. The highest BCUT2D eigenvalue weighted by Gasteiger charge is 2.29. The number of carbonyl (C=O) groups is 4. The van der Waals surface area contributed by atoms with Crippen LogP contribution in [0.15, 0.2) is 29.3 Å². The fourth-order valence-electron chi connectivity index (χ4n) is 2.88. The number of thiol groups is 1. The number of nitrogens with zero attached hydrogens (tertiary/aromatic N) is 1. The van der Waals surface area contributed by atoms with Crippen LogP contribution < -0.4 is 33.2 Å². The van der Waals surface area contributed by atoms with Crippen molar-refractivity contribution in [2.45, 2.75) is 50.4 Å². The minimum absolute atomic E-state index is 0.0132. The lowest BCUT2D eigenvalue weighted by Gasteiger charge is -2.25. The summed E-state index contributed by atoms with van der Waals surface area (Å²) in [5.41, 5.74) is 16.8. The molecular formula is C21H33N7O6S. The molecule has 1 aromatic carbocycles. The summed E-state index contributed by atoms with van der Waals surface area (Å²) in [6, 6.07) is 1.52. The fraction of sp³-hybridized carbons (Fsp3) is 0.476. The second kappa shape index (κ2) is 14.7. The Hall–Kier alpha value is -3.52. The maximum atomic E-state index is 13.1. The smallest absolute Gasteiger partial charge is 0.327 e. The van der Waals surface area contributed by atoms with Crippen molar-refractivity contribution in [1.29, 1.82) is 0 Å². The maximum Gasteiger partial charge on any atom is 0.327 e. The van der Waals surface area contributed by atoms with Gasteiger partial charge in [-0.25, -0.2) is 4.79 Å². The SMILES string of the molecule is CC(N)C(=O)NC(CCCN=C(N)N)C(=O)NC(Cc1ccc(O)cc1)C(=O)NC(CS)C(=O)O. The van der Waals surface area contributed by atoms with Crippen molar-refractivity contribution >= 4 is 42.3 Å². The molecule has 0 saturated carbocycles. The summed E-state index contributed by atoms with van der Waals surface area (Å²) in [7, 11) is 0. The number of hydrogen-bond donors (Lipinski definition) is 9. The van der Waals surface area contributed by atoms with Gasteiger partial charge in [0.05, 0.1) is 6.04 Å². The van der Waals surface area contributed by atoms with E-state index in [0.717, 1.165) is 0 Å². The first-order valence-electron chi connectivity index (χ1n) is 10.8. The van der Waals surface area contributed by atoms with Crippen LogP contribution >= 0.6 is 12.6 Å². The molecule has 3 amide bonds. The van der Waals surface area contributed by atoms with Gasteiger partial charge in [0.15, 0.2) is 5.96 Å². The largest absolute Gasteiger partial charge is 0.508 e. The number of nitrogens with one attached hydrogen (secondary N) is 3. The van der Waals surface area contributed by atoms with E-state index in [9.17, 15) is 29.4 Å². The number of carboxylic acid groups (broad SMARTS) is 1. The average Bonchev–Trinajstić information content (AvgIpc) is 2.79. The van der Waals surface area contributed by atoms with Crippen LogP contribution in [0.3, 0.4) is 0 Å². The molecule has 1 aromatic rings. The third kappa shape index (κ3) is 11.0. The minimum Gasteiger partial charge on any atom is -0.508 e. The molecule has 0 aliphatic rings. The van der Waals surface area contributed by atoms with Crippen LogP contribution in [0.1, 0.15) is 25.3 Å². The Morgan fingerprint density at radius 3 is 2.03 bits per heavy atom. The number of aromatic hydroxyl groups is 1. The molecule has 0 aromatic heterocycles. The zero-order valence-corrected chi connectivity index (χ0v) is 20.2. The monoisotopic (exact) mass is 511 g/mol. The van der Waals surface area contributed by atoms with E-state index in [1.807, 2.05) is 0 Å². The molecule has 0 spiro atoms. The Morgan fingerprint density at radius 1 is 0.971 bits per heavy atom. The summed E-state index contributed by atoms with van der Waals surface area (Å²) >= 11 is 3.93. The number of phenols is 1. The van der Waals surface area contributed by atoms with Gasteiger partial charge in [0.2, 0.25) is 17.7 Å². The zero-order chi connectivity index (χ0) is 26.5. The molecule has 35 heavy (non-hydrogen) atoms. The Morgan fingerprint density at radius 2 is 1.51 bits per heavy atom. The first-order chi connectivity index (χ1) is 16.4. The highest BCUT2D eigenvalue weighted by atomic mass is 32.1. The van der Waals surface area contributed by atoms with Gasteiger partial charge in [0.1, 0.15) is 23.9 Å². The lowest BCUT2D eigenvalue weighted by Crippen LogP contribution is -2.57. The van der Waals surface area contributed by atoms with Crippen molar-refractivity contribution in [1.82, 2.24) is 16.0 Å². The summed E-state index contributed by atoms with van der Waals surface area (Å²) in [5.74, 6) is -3.57. The summed E-state index contributed by atoms with van der Waals surface area (Å²) < 4.78 is 0. The van der Waals surface area contributed by atoms with Gasteiger partial charge >= 0.3 is 5.97 Å². The van der Waals surface area contributed by atoms with E-state index in [1.165, 1.54) is 19.1 Å². The van der Waals surface area contributed by atoms with Gasteiger partial charge in [0, 0.05) is 18.7 Å². The van der Waals surface area contributed by atoms with Crippen molar-refractivity contribution in [3.63, 3.8) is 0 Å². The number of aliphatic imine (C=N–C) groups is 1. The summed E-state index contributed by atoms with van der Waals surface area (Å²) in [6.45, 7) is 1.66. The first-order valence-corrected chi connectivity index (χ1v) is 11.4. The highest BCUT2D eigenvalue weighted by molar-refractivity contribution is 7.80. The van der Waals surface area contributed by atoms with Crippen LogP contribution in [-0.2, 0) is 25.6 Å². The second-order valence-corrected chi connectivity index (χ2v) is 8.18. The summed E-state index contributed by atoms with van der Waals surface area (Å²) in [4.78, 5) is 53.3. The molecule has 0 heterocycles. The van der Waals surface area contributed by atoms with E-state index in [2.05, 4.69) is 33.6 Å². The van der Waals surface area contributed by atoms with E-state index in [4.69, 9.17) is 17.2 Å². The number of benzene rings is 1. The molecule has 0 aliphatic carbocycles. The van der Waals surface area contributed by atoms with Gasteiger partial charge in [0.25, 0.3) is 0 Å². The summed E-state index contributed by atoms with van der Waals surface area (Å²) in [5, 5.41) is 26.2. The van der Waals surface area contributed by atoms with E-state index in [0.29, 0.717) is 12.0 Å². The van der Waals surface area contributed by atoms with Crippen LogP contribution in [0.5, 0.6) is 5.75 Å². The number of rotatable bonds is 14. The van der Waals surface area contributed by atoms with Crippen LogP contribution in [0.2, 0.25) is 0 Å². The molecule has 0 aliphatic heterocycles. The number of amides is 3. The van der Waals surface area contributed by atoms with E-state index >= 15 is 0 Å². The van der Waals surface area contributed by atoms with E-state index in [-0.39, 0.29) is 36.8 Å². The molecule has 1 rings (SSSR count). The van der Waals surface area contributed by atoms with Gasteiger partial charge in [-0.3, -0.25) is 19.4 Å². The van der Waals surface area contributed by atoms with E-state index in [1.54, 1.807) is 12.1 Å². The Bertz CT molecular complexity index is 906. The van der Waals surface area contributed by atoms with Crippen molar-refractivity contribution in [2.24, 2.45) is 22.2 Å². The molecule has 0 saturated heterocycles. The predicted octanol–water partition coefficient (Wildman–Crippen LogP) is -2.20. The average molecular weight is 512 g/mol. The third-order valence-corrected chi connectivity index (χ3v) is 5.16. The van der Waals surface area contributed by atoms with Crippen molar-refractivity contribution in [3.8, 4) is 5.75 Å². The van der Waals surface area contributed by atoms with Crippen LogP contribution in [0, 0.1) is 0 Å². The highest BCUT2D eigenvalue weighted by Crippen LogP contribution is 2.12. The topological polar surface area (TPSA) is 235 Å². The zero-order valence-electron chi connectivity index (χ0n) is 19.3. The molecule has 0 fully saturated rings. The van der Waals surface area contributed by atoms with Gasteiger partial charge in [-0.15, -0.1) is 0 Å². The maximum absolute atomic E-state index is 13.1. The molecule has 11 N–H and O–H groups in total. The molecule has 194 valence electrons. The molecule has 0 radical (unpaired) electrons. The molecular weight excluding hydrogens is 478 g/mol. The molecule has 4 unspecified atom stereocenters. The quantitative estimate of drug-likeness (QED) is 0.0569. The molecule has 13 nitrogen and oxygen atoms in total. The van der Waals surface area contributed by atoms with Crippen molar-refractivity contribution < 1.29 is 29.4 Å². The Kier molecular flexibility index (Phi) is 12.4. The van der Waals surface area contributed by atoms with Crippen LogP contribution in [0.25, 0.3) is 0 Å². The third-order valence-electron chi connectivity index (χ3n) is 4.80.